The average Bonchev–Trinajstić information content (AvgIpc) is 2.12. The summed E-state index contributed by atoms with van der Waals surface area (Å²) in [4.78, 5) is 21.2. The summed E-state index contributed by atoms with van der Waals surface area (Å²) in [6, 6.07) is 0. The van der Waals surface area contributed by atoms with Gasteiger partial charge in [0.05, 0.1) is 6.61 Å². The fourth-order valence-electron chi connectivity index (χ4n) is 1.08. The summed E-state index contributed by atoms with van der Waals surface area (Å²) < 4.78 is 5.13. The number of hydrogen-bond acceptors (Lipinski definition) is 4. The van der Waals surface area contributed by atoms with Crippen LogP contribution in [0.1, 0.15) is 20.3 Å². The van der Waals surface area contributed by atoms with E-state index in [4.69, 9.17) is 4.74 Å². The van der Waals surface area contributed by atoms with Crippen LogP contribution in [0, 0.1) is 10.1 Å². The molecule has 5 heteroatoms. The summed E-state index contributed by atoms with van der Waals surface area (Å²) in [6.07, 6.45) is 1.68. The number of nitrogens with zero attached hydrogens (tertiary/aromatic N) is 1. The van der Waals surface area contributed by atoms with Gasteiger partial charge in [-0.15, -0.1) is 6.58 Å². The van der Waals surface area contributed by atoms with E-state index in [0.717, 1.165) is 0 Å². The average molecular weight is 201 g/mol. The van der Waals surface area contributed by atoms with Crippen LogP contribution < -0.4 is 0 Å². The van der Waals surface area contributed by atoms with Gasteiger partial charge in [-0.1, -0.05) is 13.0 Å². The lowest BCUT2D eigenvalue weighted by molar-refractivity contribution is -0.496. The van der Waals surface area contributed by atoms with E-state index in [0.29, 0.717) is 0 Å². The number of hydrogen-bond donors (Lipinski definition) is 0. The van der Waals surface area contributed by atoms with Crippen molar-refractivity contribution in [3.05, 3.63) is 22.8 Å². The summed E-state index contributed by atoms with van der Waals surface area (Å²) in [7, 11) is 0. The maximum Gasteiger partial charge on any atom is 0.239 e. The van der Waals surface area contributed by atoms with E-state index in [1.54, 1.807) is 6.92 Å². The van der Waals surface area contributed by atoms with Crippen molar-refractivity contribution in [2.75, 3.05) is 13.2 Å². The minimum absolute atomic E-state index is 0.135. The first-order valence-corrected chi connectivity index (χ1v) is 4.36. The highest BCUT2D eigenvalue weighted by atomic mass is 16.6. The molecule has 0 aromatic rings. The number of carbonyl (C=O) groups is 1. The van der Waals surface area contributed by atoms with Crippen LogP contribution in [-0.2, 0) is 9.53 Å². The molecule has 0 amide bonds. The fourth-order valence-corrected chi connectivity index (χ4v) is 1.08. The van der Waals surface area contributed by atoms with Crippen LogP contribution in [0.2, 0.25) is 0 Å². The van der Waals surface area contributed by atoms with Gasteiger partial charge in [-0.05, 0) is 6.92 Å². The molecule has 0 bridgehead atoms. The molecular formula is C9H15NO4. The maximum absolute atomic E-state index is 11.4. The summed E-state index contributed by atoms with van der Waals surface area (Å²) in [6.45, 7) is 6.14. The van der Waals surface area contributed by atoms with Gasteiger partial charge in [-0.25, -0.2) is 0 Å². The lowest BCUT2D eigenvalue weighted by Crippen LogP contribution is -2.44. The van der Waals surface area contributed by atoms with Crippen LogP contribution in [0.15, 0.2) is 12.7 Å². The predicted molar refractivity (Wildman–Crippen MR) is 51.7 cm³/mol. The third-order valence-corrected chi connectivity index (χ3v) is 1.86. The second-order valence-corrected chi connectivity index (χ2v) is 3.10. The Balaban J connectivity index is 4.55. The van der Waals surface area contributed by atoms with Crippen LogP contribution in [-0.4, -0.2) is 29.5 Å². The quantitative estimate of drug-likeness (QED) is 0.352. The van der Waals surface area contributed by atoms with Crippen molar-refractivity contribution in [3.63, 3.8) is 0 Å². The molecule has 14 heavy (non-hydrogen) atoms. The highest BCUT2D eigenvalue weighted by Crippen LogP contribution is 2.14. The van der Waals surface area contributed by atoms with Gasteiger partial charge in [0, 0.05) is 11.3 Å². The molecule has 0 aromatic carbocycles. The van der Waals surface area contributed by atoms with Gasteiger partial charge in [0.15, 0.2) is 11.4 Å². The second-order valence-electron chi connectivity index (χ2n) is 3.10. The smallest absolute Gasteiger partial charge is 0.239 e. The van der Waals surface area contributed by atoms with Gasteiger partial charge in [0.1, 0.15) is 0 Å². The van der Waals surface area contributed by atoms with E-state index in [9.17, 15) is 14.9 Å². The molecule has 0 aliphatic rings. The maximum atomic E-state index is 11.4. The minimum atomic E-state index is -1.33. The Morgan fingerprint density at radius 1 is 1.71 bits per heavy atom. The van der Waals surface area contributed by atoms with Crippen LogP contribution in [0.5, 0.6) is 0 Å². The molecule has 0 spiro atoms. The van der Waals surface area contributed by atoms with E-state index in [1.807, 2.05) is 0 Å². The number of ether oxygens (including phenoxy) is 1. The Kier molecular flexibility index (Phi) is 5.01. The first-order chi connectivity index (χ1) is 6.46. The Bertz CT molecular complexity index is 239. The highest BCUT2D eigenvalue weighted by molar-refractivity contribution is 5.86. The summed E-state index contributed by atoms with van der Waals surface area (Å²) in [5.41, 5.74) is -1.33. The van der Waals surface area contributed by atoms with Crippen molar-refractivity contribution in [2.24, 2.45) is 0 Å². The van der Waals surface area contributed by atoms with Crippen LogP contribution in [0.3, 0.4) is 0 Å². The van der Waals surface area contributed by atoms with E-state index < -0.39 is 17.1 Å². The third-order valence-electron chi connectivity index (χ3n) is 1.86. The molecule has 1 unspecified atom stereocenters. The predicted octanol–water partition coefficient (Wildman–Crippen LogP) is 1.20. The molecule has 5 nitrogen and oxygen atoms in total. The largest absolute Gasteiger partial charge is 0.357 e. The molecule has 80 valence electrons. The Labute approximate surface area is 82.9 Å². The lowest BCUT2D eigenvalue weighted by atomic mass is 9.99. The van der Waals surface area contributed by atoms with Crippen molar-refractivity contribution in [3.8, 4) is 0 Å². The third kappa shape index (κ3) is 3.66. The van der Waals surface area contributed by atoms with Gasteiger partial charge in [-0.2, -0.15) is 0 Å². The first kappa shape index (κ1) is 12.8. The zero-order valence-electron chi connectivity index (χ0n) is 8.49. The van der Waals surface area contributed by atoms with Gasteiger partial charge in [0.2, 0.25) is 6.54 Å². The van der Waals surface area contributed by atoms with Gasteiger partial charge in [0.25, 0.3) is 0 Å². The van der Waals surface area contributed by atoms with Crippen LogP contribution in [0.4, 0.5) is 0 Å². The van der Waals surface area contributed by atoms with Gasteiger partial charge in [-0.3, -0.25) is 14.9 Å². The lowest BCUT2D eigenvalue weighted by Gasteiger charge is -2.22. The molecule has 1 atom stereocenters. The van der Waals surface area contributed by atoms with Crippen molar-refractivity contribution in [1.29, 1.82) is 0 Å². The summed E-state index contributed by atoms with van der Waals surface area (Å²) in [5.74, 6) is -0.268. The van der Waals surface area contributed by atoms with Crippen molar-refractivity contribution in [2.45, 2.75) is 25.9 Å². The van der Waals surface area contributed by atoms with Crippen LogP contribution >= 0.6 is 0 Å². The molecule has 0 aromatic heterocycles. The highest BCUT2D eigenvalue weighted by Gasteiger charge is 2.37. The summed E-state index contributed by atoms with van der Waals surface area (Å²) >= 11 is 0. The van der Waals surface area contributed by atoms with E-state index in [2.05, 4.69) is 6.58 Å². The monoisotopic (exact) mass is 201 g/mol. The van der Waals surface area contributed by atoms with E-state index >= 15 is 0 Å². The molecule has 0 rings (SSSR count). The number of Topliss-reactive ketones (excluding diaryl/α,β-unsaturated/α-hetero) is 1. The molecule has 0 N–H and O–H groups in total. The van der Waals surface area contributed by atoms with E-state index in [1.165, 1.54) is 13.0 Å². The topological polar surface area (TPSA) is 69.4 Å². The minimum Gasteiger partial charge on any atom is -0.357 e. The number of nitro groups is 1. The molecule has 0 fully saturated rings. The van der Waals surface area contributed by atoms with Gasteiger partial charge >= 0.3 is 0 Å². The number of carbonyl (C=O) groups excluding carboxylic acids is 1. The Morgan fingerprint density at radius 3 is 2.64 bits per heavy atom. The van der Waals surface area contributed by atoms with Crippen LogP contribution in [0.25, 0.3) is 0 Å². The first-order valence-electron chi connectivity index (χ1n) is 4.36. The Morgan fingerprint density at radius 2 is 2.29 bits per heavy atom. The molecule has 0 saturated carbocycles. The molecular weight excluding hydrogens is 186 g/mol. The van der Waals surface area contributed by atoms with Crippen molar-refractivity contribution in [1.82, 2.24) is 0 Å². The SMILES string of the molecule is C=CCOC(C)(C[N+](=O)[O-])C(=O)CC. The zero-order valence-corrected chi connectivity index (χ0v) is 8.49. The summed E-state index contributed by atoms with van der Waals surface area (Å²) in [5, 5.41) is 10.3. The normalized spacial score (nSPS) is 14.4. The number of ketones is 1. The fraction of sp³-hybridized carbons (Fsp3) is 0.667. The Hall–Kier alpha value is -1.23. The van der Waals surface area contributed by atoms with Crippen molar-refractivity contribution >= 4 is 5.78 Å². The standard InChI is InChI=1S/C9H15NO4/c1-4-6-14-9(3,7-10(12)13)8(11)5-2/h4H,1,5-7H2,2-3H3. The molecule has 0 aliphatic carbocycles. The molecule has 0 saturated heterocycles. The molecule has 0 aliphatic heterocycles. The van der Waals surface area contributed by atoms with Crippen molar-refractivity contribution < 1.29 is 14.5 Å². The molecule has 0 radical (unpaired) electrons. The van der Waals surface area contributed by atoms with E-state index in [-0.39, 0.29) is 18.8 Å². The number of rotatable bonds is 7. The van der Waals surface area contributed by atoms with Gasteiger partial charge < -0.3 is 4.74 Å². The zero-order chi connectivity index (χ0) is 11.2. The molecule has 0 heterocycles. The second kappa shape index (κ2) is 5.49.